The van der Waals surface area contributed by atoms with Gasteiger partial charge in [0.15, 0.2) is 0 Å². The first-order chi connectivity index (χ1) is 8.11. The highest BCUT2D eigenvalue weighted by Crippen LogP contribution is 2.19. The van der Waals surface area contributed by atoms with Crippen LogP contribution in [0.5, 0.6) is 0 Å². The van der Waals surface area contributed by atoms with E-state index in [1.54, 1.807) is 0 Å². The van der Waals surface area contributed by atoms with Crippen molar-refractivity contribution >= 4 is 0 Å². The third-order valence-electron chi connectivity index (χ3n) is 3.42. The van der Waals surface area contributed by atoms with Crippen LogP contribution in [-0.4, -0.2) is 37.1 Å². The van der Waals surface area contributed by atoms with Gasteiger partial charge < -0.3 is 10.2 Å². The summed E-state index contributed by atoms with van der Waals surface area (Å²) in [6, 6.07) is 0.405. The van der Waals surface area contributed by atoms with Gasteiger partial charge in [0.25, 0.3) is 0 Å². The predicted octanol–water partition coefficient (Wildman–Crippen LogP) is 3.13. The molecule has 1 N–H and O–H groups in total. The molecular weight excluding hydrogens is 220 g/mol. The highest BCUT2D eigenvalue weighted by Gasteiger charge is 2.30. The van der Waals surface area contributed by atoms with Crippen LogP contribution in [0.25, 0.3) is 0 Å². The second kappa shape index (κ2) is 7.16. The summed E-state index contributed by atoms with van der Waals surface area (Å²) in [7, 11) is 4.27. The molecule has 18 heavy (non-hydrogen) atoms. The van der Waals surface area contributed by atoms with Crippen molar-refractivity contribution in [3.63, 3.8) is 0 Å². The SMILES string of the molecule is CCCNC(CC#CC(C)(C)C)C(C)(C)N(C)C. The van der Waals surface area contributed by atoms with Crippen LogP contribution in [0.4, 0.5) is 0 Å². The lowest BCUT2D eigenvalue weighted by Crippen LogP contribution is -2.55. The second-order valence-corrected chi connectivity index (χ2v) is 6.81. The average molecular weight is 252 g/mol. The summed E-state index contributed by atoms with van der Waals surface area (Å²) >= 11 is 0. The molecule has 0 bridgehead atoms. The van der Waals surface area contributed by atoms with Crippen LogP contribution in [0.15, 0.2) is 0 Å². The molecule has 0 saturated carbocycles. The van der Waals surface area contributed by atoms with Gasteiger partial charge in [-0.15, -0.1) is 5.92 Å². The highest BCUT2D eigenvalue weighted by atomic mass is 15.2. The lowest BCUT2D eigenvalue weighted by molar-refractivity contribution is 0.139. The van der Waals surface area contributed by atoms with Crippen molar-refractivity contribution in [3.8, 4) is 11.8 Å². The Labute approximate surface area is 115 Å². The van der Waals surface area contributed by atoms with Crippen LogP contribution in [0, 0.1) is 17.3 Å². The normalized spacial score (nSPS) is 14.3. The molecule has 0 aliphatic carbocycles. The van der Waals surface area contributed by atoms with Crippen LogP contribution < -0.4 is 5.32 Å². The Bertz CT molecular complexity index is 286. The predicted molar refractivity (Wildman–Crippen MR) is 81.7 cm³/mol. The Hall–Kier alpha value is -0.520. The molecule has 0 spiro atoms. The second-order valence-electron chi connectivity index (χ2n) is 6.81. The first-order valence-corrected chi connectivity index (χ1v) is 7.02. The highest BCUT2D eigenvalue weighted by molar-refractivity contribution is 5.10. The standard InChI is InChI=1S/C16H32N2/c1-9-13-17-14(16(5,6)18(7)8)11-10-12-15(2,3)4/h14,17H,9,11,13H2,1-8H3. The summed E-state index contributed by atoms with van der Waals surface area (Å²) in [4.78, 5) is 2.28. The maximum Gasteiger partial charge on any atom is 0.0356 e. The van der Waals surface area contributed by atoms with Crippen molar-refractivity contribution in [2.75, 3.05) is 20.6 Å². The minimum Gasteiger partial charge on any atom is -0.311 e. The van der Waals surface area contributed by atoms with Crippen LogP contribution in [0.1, 0.15) is 54.4 Å². The molecule has 0 fully saturated rings. The van der Waals surface area contributed by atoms with E-state index in [2.05, 4.69) is 77.7 Å². The fraction of sp³-hybridized carbons (Fsp3) is 0.875. The molecule has 0 amide bonds. The molecule has 106 valence electrons. The van der Waals surface area contributed by atoms with E-state index in [9.17, 15) is 0 Å². The minimum absolute atomic E-state index is 0.0948. The van der Waals surface area contributed by atoms with E-state index < -0.39 is 0 Å². The number of hydrogen-bond donors (Lipinski definition) is 1. The fourth-order valence-corrected chi connectivity index (χ4v) is 1.62. The van der Waals surface area contributed by atoms with Gasteiger partial charge in [0.1, 0.15) is 0 Å². The van der Waals surface area contributed by atoms with Gasteiger partial charge in [-0.1, -0.05) is 12.8 Å². The molecule has 0 aromatic heterocycles. The van der Waals surface area contributed by atoms with E-state index in [0.29, 0.717) is 6.04 Å². The third kappa shape index (κ3) is 6.42. The molecule has 1 atom stereocenters. The molecule has 0 aromatic carbocycles. The molecule has 0 aromatic rings. The molecule has 0 heterocycles. The fourth-order valence-electron chi connectivity index (χ4n) is 1.62. The van der Waals surface area contributed by atoms with Crippen molar-refractivity contribution < 1.29 is 0 Å². The van der Waals surface area contributed by atoms with E-state index in [1.165, 1.54) is 0 Å². The summed E-state index contributed by atoms with van der Waals surface area (Å²) in [5.41, 5.74) is 0.208. The van der Waals surface area contributed by atoms with Gasteiger partial charge in [0.2, 0.25) is 0 Å². The van der Waals surface area contributed by atoms with E-state index in [-0.39, 0.29) is 11.0 Å². The third-order valence-corrected chi connectivity index (χ3v) is 3.42. The molecule has 0 saturated heterocycles. The van der Waals surface area contributed by atoms with Gasteiger partial charge in [-0.3, -0.25) is 0 Å². The van der Waals surface area contributed by atoms with Gasteiger partial charge in [-0.05, 0) is 61.7 Å². The van der Waals surface area contributed by atoms with E-state index >= 15 is 0 Å². The Balaban J connectivity index is 4.73. The van der Waals surface area contributed by atoms with E-state index in [4.69, 9.17) is 0 Å². The Morgan fingerprint density at radius 1 is 1.11 bits per heavy atom. The number of hydrogen-bond acceptors (Lipinski definition) is 2. The van der Waals surface area contributed by atoms with Gasteiger partial charge in [-0.25, -0.2) is 0 Å². The van der Waals surface area contributed by atoms with Crippen molar-refractivity contribution in [3.05, 3.63) is 0 Å². The average Bonchev–Trinajstić information content (AvgIpc) is 2.20. The number of likely N-dealkylation sites (N-methyl/N-ethyl adjacent to an activating group) is 1. The molecule has 1 unspecified atom stereocenters. The molecule has 0 aliphatic rings. The van der Waals surface area contributed by atoms with Crippen LogP contribution in [-0.2, 0) is 0 Å². The number of nitrogens with zero attached hydrogens (tertiary/aromatic N) is 1. The topological polar surface area (TPSA) is 15.3 Å². The summed E-state index contributed by atoms with van der Waals surface area (Å²) in [5, 5.41) is 3.63. The largest absolute Gasteiger partial charge is 0.311 e. The molecule has 0 rings (SSSR count). The van der Waals surface area contributed by atoms with E-state index in [1.807, 2.05) is 0 Å². The minimum atomic E-state index is 0.0948. The van der Waals surface area contributed by atoms with Crippen molar-refractivity contribution in [2.24, 2.45) is 5.41 Å². The molecule has 0 aliphatic heterocycles. The molecule has 2 heteroatoms. The molecular formula is C16H32N2. The van der Waals surface area contributed by atoms with Crippen molar-refractivity contribution in [1.29, 1.82) is 0 Å². The van der Waals surface area contributed by atoms with Crippen LogP contribution in [0.3, 0.4) is 0 Å². The monoisotopic (exact) mass is 252 g/mol. The lowest BCUT2D eigenvalue weighted by Gasteiger charge is -2.40. The molecule has 0 radical (unpaired) electrons. The van der Waals surface area contributed by atoms with Gasteiger partial charge in [-0.2, -0.15) is 0 Å². The Kier molecular flexibility index (Phi) is 6.96. The quantitative estimate of drug-likeness (QED) is 0.731. The zero-order chi connectivity index (χ0) is 14.4. The first kappa shape index (κ1) is 17.5. The zero-order valence-electron chi connectivity index (χ0n) is 13.6. The smallest absolute Gasteiger partial charge is 0.0356 e. The summed E-state index contributed by atoms with van der Waals surface area (Å²) in [5.74, 6) is 6.69. The first-order valence-electron chi connectivity index (χ1n) is 7.02. The maximum absolute atomic E-state index is 3.63. The summed E-state index contributed by atoms with van der Waals surface area (Å²) in [6.07, 6.45) is 2.06. The zero-order valence-corrected chi connectivity index (χ0v) is 13.6. The van der Waals surface area contributed by atoms with Crippen LogP contribution >= 0.6 is 0 Å². The summed E-state index contributed by atoms with van der Waals surface area (Å²) < 4.78 is 0. The van der Waals surface area contributed by atoms with Crippen LogP contribution in [0.2, 0.25) is 0 Å². The van der Waals surface area contributed by atoms with Gasteiger partial charge >= 0.3 is 0 Å². The Morgan fingerprint density at radius 3 is 2.06 bits per heavy atom. The number of nitrogens with one attached hydrogen (secondary N) is 1. The van der Waals surface area contributed by atoms with Crippen molar-refractivity contribution in [1.82, 2.24) is 10.2 Å². The summed E-state index contributed by atoms with van der Waals surface area (Å²) in [6.45, 7) is 14.3. The van der Waals surface area contributed by atoms with Gasteiger partial charge in [0.05, 0.1) is 0 Å². The maximum atomic E-state index is 3.63. The molecule has 2 nitrogen and oxygen atoms in total. The lowest BCUT2D eigenvalue weighted by atomic mass is 9.89. The number of rotatable bonds is 6. The van der Waals surface area contributed by atoms with E-state index in [0.717, 1.165) is 19.4 Å². The Morgan fingerprint density at radius 2 is 1.67 bits per heavy atom. The van der Waals surface area contributed by atoms with Crippen molar-refractivity contribution in [2.45, 2.75) is 66.0 Å². The van der Waals surface area contributed by atoms with Gasteiger partial charge in [0, 0.05) is 23.4 Å².